The zero-order chi connectivity index (χ0) is 14.1. The van der Waals surface area contributed by atoms with Crippen molar-refractivity contribution < 1.29 is 18.3 Å². The maximum Gasteiger partial charge on any atom is 0.273 e. The first-order chi connectivity index (χ1) is 9.65. The van der Waals surface area contributed by atoms with Crippen LogP contribution >= 0.6 is 11.3 Å². The van der Waals surface area contributed by atoms with Crippen LogP contribution in [0.5, 0.6) is 0 Å². The fraction of sp³-hybridized carbons (Fsp3) is 0.692. The van der Waals surface area contributed by atoms with Crippen molar-refractivity contribution in [3.8, 4) is 0 Å². The third-order valence-corrected chi connectivity index (χ3v) is 4.47. The predicted octanol–water partition coefficient (Wildman–Crippen LogP) is 2.86. The minimum Gasteiger partial charge on any atom is -0.371 e. The average Bonchev–Trinajstić information content (AvgIpc) is 2.94. The summed E-state index contributed by atoms with van der Waals surface area (Å²) >= 11 is 1.37. The molecule has 2 aliphatic rings. The molecule has 1 aromatic rings. The SMILES string of the molecule is O=C(c1csc(C2CCCO2)n1)N(CC(F)F)C1CC1. The summed E-state index contributed by atoms with van der Waals surface area (Å²) in [6, 6.07) is -0.0376. The molecule has 1 amide bonds. The molecule has 1 atom stereocenters. The Bertz CT molecular complexity index is 484. The number of hydrogen-bond acceptors (Lipinski definition) is 4. The maximum absolute atomic E-state index is 12.6. The van der Waals surface area contributed by atoms with E-state index in [9.17, 15) is 13.6 Å². The van der Waals surface area contributed by atoms with E-state index < -0.39 is 13.0 Å². The van der Waals surface area contributed by atoms with Gasteiger partial charge >= 0.3 is 0 Å². The molecule has 1 saturated heterocycles. The highest BCUT2D eigenvalue weighted by Crippen LogP contribution is 2.32. The van der Waals surface area contributed by atoms with Gasteiger partial charge in [-0.3, -0.25) is 4.79 Å². The number of carbonyl (C=O) groups is 1. The maximum atomic E-state index is 12.6. The molecule has 1 saturated carbocycles. The normalized spacial score (nSPS) is 22.4. The zero-order valence-corrected chi connectivity index (χ0v) is 11.7. The summed E-state index contributed by atoms with van der Waals surface area (Å²) in [5, 5.41) is 2.43. The molecule has 1 unspecified atom stereocenters. The highest BCUT2D eigenvalue weighted by atomic mass is 32.1. The Balaban J connectivity index is 1.71. The molecular formula is C13H16F2N2O2S. The lowest BCUT2D eigenvalue weighted by Gasteiger charge is -2.20. The molecule has 3 rings (SSSR count). The standard InChI is InChI=1S/C13H16F2N2O2S/c14-11(15)6-17(8-3-4-8)13(18)9-7-20-12(16-9)10-2-1-5-19-10/h7-8,10-11H,1-6H2. The lowest BCUT2D eigenvalue weighted by Crippen LogP contribution is -2.37. The van der Waals surface area contributed by atoms with Crippen molar-refractivity contribution in [1.82, 2.24) is 9.88 Å². The minimum absolute atomic E-state index is 0.0361. The van der Waals surface area contributed by atoms with Gasteiger partial charge in [0.15, 0.2) is 0 Å². The first kappa shape index (κ1) is 13.9. The van der Waals surface area contributed by atoms with E-state index in [0.717, 1.165) is 30.7 Å². The van der Waals surface area contributed by atoms with Gasteiger partial charge in [-0.2, -0.15) is 0 Å². The molecule has 0 N–H and O–H groups in total. The fourth-order valence-electron chi connectivity index (χ4n) is 2.39. The molecule has 1 aliphatic heterocycles. The summed E-state index contributed by atoms with van der Waals surface area (Å²) in [6.07, 6.45) is 0.974. The molecule has 0 radical (unpaired) electrons. The number of hydrogen-bond donors (Lipinski definition) is 0. The number of alkyl halides is 2. The summed E-state index contributed by atoms with van der Waals surface area (Å²) in [7, 11) is 0. The van der Waals surface area contributed by atoms with Gasteiger partial charge < -0.3 is 9.64 Å². The molecule has 2 fully saturated rings. The lowest BCUT2D eigenvalue weighted by atomic mass is 10.2. The molecule has 4 nitrogen and oxygen atoms in total. The molecular weight excluding hydrogens is 286 g/mol. The third-order valence-electron chi connectivity index (χ3n) is 3.53. The topological polar surface area (TPSA) is 42.4 Å². The Labute approximate surface area is 119 Å². The van der Waals surface area contributed by atoms with Crippen LogP contribution in [0.25, 0.3) is 0 Å². The van der Waals surface area contributed by atoms with Gasteiger partial charge in [-0.05, 0) is 25.7 Å². The van der Waals surface area contributed by atoms with E-state index in [1.807, 2.05) is 0 Å². The number of ether oxygens (including phenoxy) is 1. The van der Waals surface area contributed by atoms with Crippen molar-refractivity contribution in [1.29, 1.82) is 0 Å². The second kappa shape index (κ2) is 5.73. The van der Waals surface area contributed by atoms with Gasteiger partial charge in [0.1, 0.15) is 16.8 Å². The van der Waals surface area contributed by atoms with Gasteiger partial charge in [-0.25, -0.2) is 13.8 Å². The first-order valence-electron chi connectivity index (χ1n) is 6.81. The largest absolute Gasteiger partial charge is 0.371 e. The van der Waals surface area contributed by atoms with Gasteiger partial charge in [-0.15, -0.1) is 11.3 Å². The van der Waals surface area contributed by atoms with Crippen molar-refractivity contribution in [3.63, 3.8) is 0 Å². The van der Waals surface area contributed by atoms with E-state index in [0.29, 0.717) is 6.61 Å². The molecule has 0 aromatic carbocycles. The number of nitrogens with zero attached hydrogens (tertiary/aromatic N) is 2. The minimum atomic E-state index is -2.50. The van der Waals surface area contributed by atoms with Crippen molar-refractivity contribution in [2.45, 2.75) is 44.3 Å². The number of thiazole rings is 1. The van der Waals surface area contributed by atoms with E-state index in [-0.39, 0.29) is 23.7 Å². The summed E-state index contributed by atoms with van der Waals surface area (Å²) in [5.41, 5.74) is 0.271. The van der Waals surface area contributed by atoms with Gasteiger partial charge in [-0.1, -0.05) is 0 Å². The van der Waals surface area contributed by atoms with Crippen LogP contribution in [0.4, 0.5) is 8.78 Å². The molecule has 110 valence electrons. The lowest BCUT2D eigenvalue weighted by molar-refractivity contribution is 0.0529. The van der Waals surface area contributed by atoms with E-state index in [2.05, 4.69) is 4.98 Å². The Morgan fingerprint density at radius 1 is 1.50 bits per heavy atom. The Morgan fingerprint density at radius 3 is 2.90 bits per heavy atom. The number of rotatable bonds is 5. The van der Waals surface area contributed by atoms with E-state index in [1.165, 1.54) is 16.2 Å². The average molecular weight is 302 g/mol. The third kappa shape index (κ3) is 2.98. The Hall–Kier alpha value is -1.08. The van der Waals surface area contributed by atoms with Crippen LogP contribution in [0.2, 0.25) is 0 Å². The summed E-state index contributed by atoms with van der Waals surface area (Å²) < 4.78 is 30.7. The second-order valence-electron chi connectivity index (χ2n) is 5.15. The summed E-state index contributed by atoms with van der Waals surface area (Å²) in [5.74, 6) is -0.381. The van der Waals surface area contributed by atoms with Crippen LogP contribution in [-0.4, -0.2) is 41.4 Å². The fourth-order valence-corrected chi connectivity index (χ4v) is 3.26. The monoisotopic (exact) mass is 302 g/mol. The first-order valence-corrected chi connectivity index (χ1v) is 7.69. The smallest absolute Gasteiger partial charge is 0.273 e. The molecule has 7 heteroatoms. The van der Waals surface area contributed by atoms with E-state index in [1.54, 1.807) is 5.38 Å². The zero-order valence-electron chi connectivity index (χ0n) is 10.9. The molecule has 1 aliphatic carbocycles. The number of aromatic nitrogens is 1. The quantitative estimate of drug-likeness (QED) is 0.840. The van der Waals surface area contributed by atoms with Crippen LogP contribution in [0.15, 0.2) is 5.38 Å². The summed E-state index contributed by atoms with van der Waals surface area (Å²) in [4.78, 5) is 17.8. The van der Waals surface area contributed by atoms with Gasteiger partial charge in [0, 0.05) is 18.0 Å². The predicted molar refractivity (Wildman–Crippen MR) is 70.1 cm³/mol. The van der Waals surface area contributed by atoms with Crippen LogP contribution < -0.4 is 0 Å². The van der Waals surface area contributed by atoms with Crippen LogP contribution in [0.3, 0.4) is 0 Å². The van der Waals surface area contributed by atoms with Crippen LogP contribution in [-0.2, 0) is 4.74 Å². The van der Waals surface area contributed by atoms with Gasteiger partial charge in [0.2, 0.25) is 0 Å². The molecule has 20 heavy (non-hydrogen) atoms. The second-order valence-corrected chi connectivity index (χ2v) is 6.04. The van der Waals surface area contributed by atoms with Crippen molar-refractivity contribution in [2.24, 2.45) is 0 Å². The van der Waals surface area contributed by atoms with E-state index >= 15 is 0 Å². The molecule has 1 aromatic heterocycles. The van der Waals surface area contributed by atoms with Gasteiger partial charge in [0.05, 0.1) is 6.54 Å². The molecule has 0 bridgehead atoms. The number of halogens is 2. The molecule has 0 spiro atoms. The Morgan fingerprint density at radius 2 is 2.30 bits per heavy atom. The number of carbonyl (C=O) groups excluding carboxylic acids is 1. The summed E-state index contributed by atoms with van der Waals surface area (Å²) in [6.45, 7) is 0.212. The highest BCUT2D eigenvalue weighted by molar-refractivity contribution is 7.09. The van der Waals surface area contributed by atoms with Crippen molar-refractivity contribution >= 4 is 17.2 Å². The molecule has 2 heterocycles. The Kier molecular flexibility index (Phi) is 3.98. The van der Waals surface area contributed by atoms with E-state index in [4.69, 9.17) is 4.74 Å². The van der Waals surface area contributed by atoms with Crippen molar-refractivity contribution in [3.05, 3.63) is 16.1 Å². The van der Waals surface area contributed by atoms with Crippen molar-refractivity contribution in [2.75, 3.05) is 13.2 Å². The highest BCUT2D eigenvalue weighted by Gasteiger charge is 2.35. The van der Waals surface area contributed by atoms with Gasteiger partial charge in [0.25, 0.3) is 12.3 Å². The number of amides is 1. The van der Waals surface area contributed by atoms with Crippen LogP contribution in [0.1, 0.15) is 47.3 Å². The van der Waals surface area contributed by atoms with Crippen LogP contribution in [0, 0.1) is 0 Å².